The lowest BCUT2D eigenvalue weighted by atomic mass is 9.98. The minimum Gasteiger partial charge on any atom is -0.494 e. The maximum absolute atomic E-state index is 13.3. The quantitative estimate of drug-likeness (QED) is 0.680. The summed E-state index contributed by atoms with van der Waals surface area (Å²) in [6.45, 7) is 13.1. The first kappa shape index (κ1) is 23.2. The molecule has 0 saturated carbocycles. The topological polar surface area (TPSA) is 92.3 Å². The van der Waals surface area contributed by atoms with Crippen LogP contribution in [-0.4, -0.2) is 21.6 Å². The van der Waals surface area contributed by atoms with Crippen molar-refractivity contribution in [3.8, 4) is 17.7 Å². The molecule has 0 saturated heterocycles. The van der Waals surface area contributed by atoms with Crippen molar-refractivity contribution in [1.82, 2.24) is 4.57 Å². The molecular formula is C24H30N2O4. The van der Waals surface area contributed by atoms with E-state index in [-0.39, 0.29) is 35.1 Å². The molecule has 1 atom stereocenters. The molecule has 0 amide bonds. The Bertz CT molecular complexity index is 1060. The van der Waals surface area contributed by atoms with Gasteiger partial charge < -0.3 is 9.84 Å². The van der Waals surface area contributed by atoms with Crippen LogP contribution >= 0.6 is 0 Å². The second kappa shape index (κ2) is 9.17. The number of hydrogen-bond acceptors (Lipinski definition) is 5. The molecule has 1 unspecified atom stereocenters. The molecule has 30 heavy (non-hydrogen) atoms. The fraction of sp³-hybridized carbons (Fsp3) is 0.458. The minimum absolute atomic E-state index is 0.0420. The zero-order valence-corrected chi connectivity index (χ0v) is 18.7. The molecule has 0 fully saturated rings. The molecule has 1 heterocycles. The number of aromatic nitrogens is 1. The Morgan fingerprint density at radius 3 is 2.37 bits per heavy atom. The lowest BCUT2D eigenvalue weighted by molar-refractivity contribution is 0.0810. The van der Waals surface area contributed by atoms with Crippen molar-refractivity contribution in [2.24, 2.45) is 5.92 Å². The van der Waals surface area contributed by atoms with Crippen LogP contribution in [0.3, 0.4) is 0 Å². The number of Topliss-reactive ketones (excluding diaryl/α,β-unsaturated/α-hetero) is 1. The average Bonchev–Trinajstić information content (AvgIpc) is 2.65. The highest BCUT2D eigenvalue weighted by molar-refractivity contribution is 6.03. The molecule has 0 radical (unpaired) electrons. The molecule has 6 heteroatoms. The molecule has 0 aliphatic carbocycles. The summed E-state index contributed by atoms with van der Waals surface area (Å²) in [5.41, 5.74) is 1.38. The van der Waals surface area contributed by atoms with E-state index in [4.69, 9.17) is 4.74 Å². The number of hydrogen-bond donors (Lipinski definition) is 1. The Labute approximate surface area is 177 Å². The maximum Gasteiger partial charge on any atom is 0.271 e. The summed E-state index contributed by atoms with van der Waals surface area (Å²) in [7, 11) is 0. The van der Waals surface area contributed by atoms with E-state index in [2.05, 4.69) is 0 Å². The summed E-state index contributed by atoms with van der Waals surface area (Å²) in [5, 5.41) is 20.2. The van der Waals surface area contributed by atoms with Gasteiger partial charge in [0.2, 0.25) is 11.7 Å². The number of aryl methyl sites for hydroxylation is 1. The Balaban J connectivity index is 2.55. The lowest BCUT2D eigenvalue weighted by Gasteiger charge is -2.21. The van der Waals surface area contributed by atoms with Crippen LogP contribution in [-0.2, 0) is 6.54 Å². The smallest absolute Gasteiger partial charge is 0.271 e. The number of benzene rings is 1. The van der Waals surface area contributed by atoms with E-state index < -0.39 is 23.3 Å². The Morgan fingerprint density at radius 2 is 1.83 bits per heavy atom. The van der Waals surface area contributed by atoms with Gasteiger partial charge in [0.15, 0.2) is 6.10 Å². The number of nitriles is 1. The standard InChI is InChI=1S/C24H30N2O4/c1-13(2)12-26-23(28)19(11-25)16(6)21(24(26)29)22(27)17(7)30-20-10-15(5)8-9-18(20)14(3)4/h8-10,13-14,17,29H,12H2,1-7H3. The van der Waals surface area contributed by atoms with Crippen molar-refractivity contribution < 1.29 is 14.6 Å². The number of ketones is 1. The predicted octanol–water partition coefficient (Wildman–Crippen LogP) is 4.47. The van der Waals surface area contributed by atoms with E-state index in [0.717, 1.165) is 15.7 Å². The highest BCUT2D eigenvalue weighted by atomic mass is 16.5. The monoisotopic (exact) mass is 410 g/mol. The summed E-state index contributed by atoms with van der Waals surface area (Å²) in [4.78, 5) is 25.9. The Morgan fingerprint density at radius 1 is 1.20 bits per heavy atom. The second-order valence-electron chi connectivity index (χ2n) is 8.44. The number of nitrogens with zero attached hydrogens (tertiary/aromatic N) is 2. The third-order valence-electron chi connectivity index (χ3n) is 5.06. The summed E-state index contributed by atoms with van der Waals surface area (Å²) in [5.74, 6) is -0.0373. The first-order valence-corrected chi connectivity index (χ1v) is 10.2. The zero-order valence-electron chi connectivity index (χ0n) is 18.7. The number of ether oxygens (including phenoxy) is 1. The molecule has 1 aromatic heterocycles. The van der Waals surface area contributed by atoms with Gasteiger partial charge in [-0.1, -0.05) is 39.8 Å². The molecule has 0 aliphatic rings. The summed E-state index contributed by atoms with van der Waals surface area (Å²) in [6, 6.07) is 7.73. The second-order valence-corrected chi connectivity index (χ2v) is 8.44. The maximum atomic E-state index is 13.3. The van der Waals surface area contributed by atoms with Crippen LogP contribution in [0.15, 0.2) is 23.0 Å². The van der Waals surface area contributed by atoms with E-state index in [9.17, 15) is 20.0 Å². The van der Waals surface area contributed by atoms with E-state index in [1.165, 1.54) is 6.92 Å². The Kier molecular flexibility index (Phi) is 7.09. The van der Waals surface area contributed by atoms with Gasteiger partial charge in [-0.05, 0) is 55.4 Å². The van der Waals surface area contributed by atoms with Gasteiger partial charge in [-0.3, -0.25) is 14.2 Å². The summed E-state index contributed by atoms with van der Waals surface area (Å²) in [6.07, 6.45) is -0.912. The number of carbonyl (C=O) groups excluding carboxylic acids is 1. The van der Waals surface area contributed by atoms with E-state index in [0.29, 0.717) is 5.75 Å². The van der Waals surface area contributed by atoms with Gasteiger partial charge in [0.1, 0.15) is 17.4 Å². The normalized spacial score (nSPS) is 12.1. The molecule has 1 N–H and O–H groups in total. The number of carbonyl (C=O) groups is 1. The molecule has 0 spiro atoms. The first-order valence-electron chi connectivity index (χ1n) is 10.2. The summed E-state index contributed by atoms with van der Waals surface area (Å²) >= 11 is 0. The largest absolute Gasteiger partial charge is 0.494 e. The molecule has 6 nitrogen and oxygen atoms in total. The van der Waals surface area contributed by atoms with Crippen molar-refractivity contribution in [2.75, 3.05) is 0 Å². The van der Waals surface area contributed by atoms with Crippen molar-refractivity contribution in [3.63, 3.8) is 0 Å². The average molecular weight is 411 g/mol. The van der Waals surface area contributed by atoms with Gasteiger partial charge in [0, 0.05) is 6.54 Å². The van der Waals surface area contributed by atoms with Crippen molar-refractivity contribution in [1.29, 1.82) is 5.26 Å². The van der Waals surface area contributed by atoms with Gasteiger partial charge in [-0.15, -0.1) is 0 Å². The molecule has 160 valence electrons. The molecule has 0 aliphatic heterocycles. The van der Waals surface area contributed by atoms with Crippen molar-refractivity contribution in [3.05, 3.63) is 56.4 Å². The third-order valence-corrected chi connectivity index (χ3v) is 5.06. The summed E-state index contributed by atoms with van der Waals surface area (Å²) < 4.78 is 7.11. The third kappa shape index (κ3) is 4.56. The highest BCUT2D eigenvalue weighted by Gasteiger charge is 2.28. The van der Waals surface area contributed by atoms with Gasteiger partial charge in [-0.25, -0.2) is 0 Å². The van der Waals surface area contributed by atoms with Crippen LogP contribution in [0, 0.1) is 31.1 Å². The van der Waals surface area contributed by atoms with E-state index in [1.54, 1.807) is 6.92 Å². The van der Waals surface area contributed by atoms with Gasteiger partial charge in [0.05, 0.1) is 5.56 Å². The fourth-order valence-electron chi connectivity index (χ4n) is 3.45. The van der Waals surface area contributed by atoms with E-state index in [1.807, 2.05) is 58.9 Å². The van der Waals surface area contributed by atoms with Crippen LogP contribution in [0.2, 0.25) is 0 Å². The van der Waals surface area contributed by atoms with Gasteiger partial charge >= 0.3 is 0 Å². The van der Waals surface area contributed by atoms with Gasteiger partial charge in [0.25, 0.3) is 5.56 Å². The molecule has 1 aromatic carbocycles. The van der Waals surface area contributed by atoms with Crippen LogP contribution in [0.1, 0.15) is 73.1 Å². The van der Waals surface area contributed by atoms with E-state index >= 15 is 0 Å². The first-order chi connectivity index (χ1) is 14.0. The minimum atomic E-state index is -0.912. The highest BCUT2D eigenvalue weighted by Crippen LogP contribution is 2.30. The van der Waals surface area contributed by atoms with Crippen molar-refractivity contribution in [2.45, 2.75) is 67.0 Å². The fourth-order valence-corrected chi connectivity index (χ4v) is 3.45. The zero-order chi connectivity index (χ0) is 22.7. The van der Waals surface area contributed by atoms with Crippen LogP contribution < -0.4 is 10.3 Å². The van der Waals surface area contributed by atoms with Gasteiger partial charge in [-0.2, -0.15) is 5.26 Å². The molecule has 2 rings (SSSR count). The Hall–Kier alpha value is -3.07. The lowest BCUT2D eigenvalue weighted by Crippen LogP contribution is -2.31. The van der Waals surface area contributed by atoms with Crippen LogP contribution in [0.5, 0.6) is 11.6 Å². The molecular weight excluding hydrogens is 380 g/mol. The molecule has 0 bridgehead atoms. The number of pyridine rings is 1. The molecule has 2 aromatic rings. The number of aromatic hydroxyl groups is 1. The van der Waals surface area contributed by atoms with Crippen molar-refractivity contribution >= 4 is 5.78 Å². The predicted molar refractivity (Wildman–Crippen MR) is 116 cm³/mol. The van der Waals surface area contributed by atoms with Crippen LogP contribution in [0.4, 0.5) is 0 Å². The number of rotatable bonds is 7. The van der Waals surface area contributed by atoms with Crippen LogP contribution in [0.25, 0.3) is 0 Å². The SMILES string of the molecule is Cc1ccc(C(C)C)c(OC(C)C(=O)c2c(C)c(C#N)c(=O)n(CC(C)C)c2O)c1.